The molecule has 0 spiro atoms. The second kappa shape index (κ2) is 8.61. The first-order valence-electron chi connectivity index (χ1n) is 10.0. The van der Waals surface area contributed by atoms with E-state index in [9.17, 15) is 17.6 Å². The van der Waals surface area contributed by atoms with Crippen LogP contribution in [0.3, 0.4) is 0 Å². The van der Waals surface area contributed by atoms with E-state index in [0.717, 1.165) is 22.3 Å². The van der Waals surface area contributed by atoms with Crippen molar-refractivity contribution >= 4 is 15.9 Å². The van der Waals surface area contributed by atoms with Crippen LogP contribution in [0.25, 0.3) is 0 Å². The molecule has 1 N–H and O–H groups in total. The van der Waals surface area contributed by atoms with Gasteiger partial charge in [-0.05, 0) is 54.3 Å². The van der Waals surface area contributed by atoms with Crippen LogP contribution in [0.4, 0.5) is 4.39 Å². The lowest BCUT2D eigenvalue weighted by Gasteiger charge is -2.35. The Kier molecular flexibility index (Phi) is 5.89. The Morgan fingerprint density at radius 2 is 1.65 bits per heavy atom. The number of nitrogens with zero attached hydrogens (tertiary/aromatic N) is 1. The zero-order valence-electron chi connectivity index (χ0n) is 17.1. The summed E-state index contributed by atoms with van der Waals surface area (Å²) >= 11 is 0. The lowest BCUT2D eigenvalue weighted by molar-refractivity contribution is -0.125. The zero-order valence-corrected chi connectivity index (χ0v) is 17.9. The van der Waals surface area contributed by atoms with E-state index in [4.69, 9.17) is 0 Å². The Hall–Kier alpha value is -3.03. The number of aryl methyl sites for hydroxylation is 1. The number of halogens is 1. The number of hydrogen-bond acceptors (Lipinski definition) is 3. The lowest BCUT2D eigenvalue weighted by Crippen LogP contribution is -2.52. The van der Waals surface area contributed by atoms with E-state index in [-0.39, 0.29) is 36.1 Å². The van der Waals surface area contributed by atoms with Crippen LogP contribution in [0.5, 0.6) is 0 Å². The smallest absolute Gasteiger partial charge is 0.244 e. The Balaban J connectivity index is 1.63. The Morgan fingerprint density at radius 1 is 1.00 bits per heavy atom. The molecule has 0 radical (unpaired) electrons. The van der Waals surface area contributed by atoms with Crippen molar-refractivity contribution in [3.63, 3.8) is 0 Å². The standard InChI is InChI=1S/C24H23FN2O3S/c1-17-6-12-22(13-7-17)31(29,30)27-16-20-5-3-2-4-19(20)14-23(27)24(28)26-15-18-8-10-21(25)11-9-18/h2-13,23H,14-16H2,1H3,(H,26,28)/t23-/m0/s1. The monoisotopic (exact) mass is 438 g/mol. The summed E-state index contributed by atoms with van der Waals surface area (Å²) in [6.45, 7) is 2.20. The topological polar surface area (TPSA) is 66.5 Å². The van der Waals surface area contributed by atoms with Crippen molar-refractivity contribution in [3.8, 4) is 0 Å². The minimum Gasteiger partial charge on any atom is -0.351 e. The molecule has 0 saturated heterocycles. The molecule has 4 rings (SSSR count). The lowest BCUT2D eigenvalue weighted by atomic mass is 9.95. The van der Waals surface area contributed by atoms with E-state index in [1.54, 1.807) is 36.4 Å². The molecule has 1 aliphatic heterocycles. The minimum absolute atomic E-state index is 0.126. The second-order valence-corrected chi connectivity index (χ2v) is 9.59. The number of amides is 1. The molecule has 0 bridgehead atoms. The number of nitrogens with one attached hydrogen (secondary N) is 1. The summed E-state index contributed by atoms with van der Waals surface area (Å²) in [5.41, 5.74) is 3.54. The molecule has 0 aliphatic carbocycles. The summed E-state index contributed by atoms with van der Waals surface area (Å²) in [5, 5.41) is 2.81. The zero-order chi connectivity index (χ0) is 22.0. The molecule has 1 aliphatic rings. The summed E-state index contributed by atoms with van der Waals surface area (Å²) in [6.07, 6.45) is 0.288. The van der Waals surface area contributed by atoms with Gasteiger partial charge in [0.05, 0.1) is 4.90 Å². The largest absolute Gasteiger partial charge is 0.351 e. The summed E-state index contributed by atoms with van der Waals surface area (Å²) < 4.78 is 41.3. The molecule has 1 amide bonds. The van der Waals surface area contributed by atoms with Gasteiger partial charge in [-0.25, -0.2) is 12.8 Å². The van der Waals surface area contributed by atoms with Gasteiger partial charge in [0.15, 0.2) is 0 Å². The SMILES string of the molecule is Cc1ccc(S(=O)(=O)N2Cc3ccccc3C[C@H]2C(=O)NCc2ccc(F)cc2)cc1. The van der Waals surface area contributed by atoms with Crippen molar-refractivity contribution in [1.29, 1.82) is 0 Å². The van der Waals surface area contributed by atoms with E-state index in [1.165, 1.54) is 16.4 Å². The molecule has 7 heteroatoms. The van der Waals surface area contributed by atoms with Crippen molar-refractivity contribution in [2.75, 3.05) is 0 Å². The number of sulfonamides is 1. The van der Waals surface area contributed by atoms with Crippen LogP contribution < -0.4 is 5.32 Å². The highest BCUT2D eigenvalue weighted by Crippen LogP contribution is 2.29. The number of benzene rings is 3. The van der Waals surface area contributed by atoms with Crippen molar-refractivity contribution < 1.29 is 17.6 Å². The van der Waals surface area contributed by atoms with Gasteiger partial charge in [0.1, 0.15) is 11.9 Å². The van der Waals surface area contributed by atoms with Gasteiger partial charge in [-0.15, -0.1) is 0 Å². The Morgan fingerprint density at radius 3 is 2.32 bits per heavy atom. The third-order valence-electron chi connectivity index (χ3n) is 5.52. The molecule has 0 saturated carbocycles. The fraction of sp³-hybridized carbons (Fsp3) is 0.208. The van der Waals surface area contributed by atoms with Crippen LogP contribution in [0.2, 0.25) is 0 Å². The predicted octanol–water partition coefficient (Wildman–Crippen LogP) is 3.57. The maximum Gasteiger partial charge on any atom is 0.244 e. The molecular weight excluding hydrogens is 415 g/mol. The molecule has 1 atom stereocenters. The summed E-state index contributed by atoms with van der Waals surface area (Å²) in [7, 11) is -3.88. The highest BCUT2D eigenvalue weighted by atomic mass is 32.2. The molecule has 31 heavy (non-hydrogen) atoms. The predicted molar refractivity (Wildman–Crippen MR) is 116 cm³/mol. The fourth-order valence-electron chi connectivity index (χ4n) is 3.73. The van der Waals surface area contributed by atoms with Crippen LogP contribution in [0.15, 0.2) is 77.7 Å². The molecule has 0 aromatic heterocycles. The van der Waals surface area contributed by atoms with Gasteiger partial charge in [-0.3, -0.25) is 4.79 Å². The molecule has 0 fully saturated rings. The van der Waals surface area contributed by atoms with E-state index in [1.807, 2.05) is 31.2 Å². The van der Waals surface area contributed by atoms with Crippen LogP contribution >= 0.6 is 0 Å². The summed E-state index contributed by atoms with van der Waals surface area (Å²) in [4.78, 5) is 13.3. The average molecular weight is 439 g/mol. The van der Waals surface area contributed by atoms with Crippen LogP contribution in [-0.4, -0.2) is 24.7 Å². The first-order valence-corrected chi connectivity index (χ1v) is 11.5. The molecular formula is C24H23FN2O3S. The second-order valence-electron chi connectivity index (χ2n) is 7.70. The number of fused-ring (bicyclic) bond motifs is 1. The third-order valence-corrected chi connectivity index (χ3v) is 7.38. The van der Waals surface area contributed by atoms with Crippen molar-refractivity contribution in [2.24, 2.45) is 0 Å². The van der Waals surface area contributed by atoms with Crippen molar-refractivity contribution in [1.82, 2.24) is 9.62 Å². The van der Waals surface area contributed by atoms with E-state index in [2.05, 4.69) is 5.32 Å². The molecule has 3 aromatic carbocycles. The van der Waals surface area contributed by atoms with Crippen molar-refractivity contribution in [2.45, 2.75) is 37.4 Å². The maximum absolute atomic E-state index is 13.4. The Labute approximate surface area is 181 Å². The summed E-state index contributed by atoms with van der Waals surface area (Å²) in [5.74, 6) is -0.733. The number of rotatable bonds is 5. The van der Waals surface area contributed by atoms with Gasteiger partial charge in [0.2, 0.25) is 15.9 Å². The first-order chi connectivity index (χ1) is 14.8. The number of hydrogen-bond donors (Lipinski definition) is 1. The highest BCUT2D eigenvalue weighted by molar-refractivity contribution is 7.89. The first kappa shape index (κ1) is 21.2. The maximum atomic E-state index is 13.4. The molecule has 160 valence electrons. The van der Waals surface area contributed by atoms with Crippen LogP contribution in [0.1, 0.15) is 22.3 Å². The number of carbonyl (C=O) groups excluding carboxylic acids is 1. The van der Waals surface area contributed by atoms with E-state index < -0.39 is 16.1 Å². The van der Waals surface area contributed by atoms with Gasteiger partial charge < -0.3 is 5.32 Å². The van der Waals surface area contributed by atoms with Gasteiger partial charge in [-0.2, -0.15) is 4.31 Å². The van der Waals surface area contributed by atoms with E-state index in [0.29, 0.717) is 0 Å². The molecule has 5 nitrogen and oxygen atoms in total. The van der Waals surface area contributed by atoms with Crippen LogP contribution in [0, 0.1) is 12.7 Å². The quantitative estimate of drug-likeness (QED) is 0.662. The summed E-state index contributed by atoms with van der Waals surface area (Å²) in [6, 6.07) is 19.1. The van der Waals surface area contributed by atoms with Gasteiger partial charge in [-0.1, -0.05) is 54.1 Å². The molecule has 0 unspecified atom stereocenters. The normalized spacial score (nSPS) is 16.5. The van der Waals surface area contributed by atoms with Gasteiger partial charge in [0.25, 0.3) is 0 Å². The average Bonchev–Trinajstić information content (AvgIpc) is 2.78. The van der Waals surface area contributed by atoms with E-state index >= 15 is 0 Å². The molecule has 1 heterocycles. The van der Waals surface area contributed by atoms with Gasteiger partial charge >= 0.3 is 0 Å². The third kappa shape index (κ3) is 4.52. The number of carbonyl (C=O) groups is 1. The Bertz CT molecular complexity index is 1190. The van der Waals surface area contributed by atoms with Gasteiger partial charge in [0, 0.05) is 13.1 Å². The van der Waals surface area contributed by atoms with Crippen LogP contribution in [-0.2, 0) is 34.3 Å². The minimum atomic E-state index is -3.88. The van der Waals surface area contributed by atoms with Crippen molar-refractivity contribution in [3.05, 3.63) is 101 Å². The highest BCUT2D eigenvalue weighted by Gasteiger charge is 2.39. The molecule has 3 aromatic rings. The fourth-order valence-corrected chi connectivity index (χ4v) is 5.30.